The Labute approximate surface area is 126 Å². The van der Waals surface area contributed by atoms with Gasteiger partial charge in [-0.25, -0.2) is 4.39 Å². The first kappa shape index (κ1) is 15.3. The van der Waals surface area contributed by atoms with Crippen molar-refractivity contribution in [3.63, 3.8) is 0 Å². The molecule has 2 N–H and O–H groups in total. The molecule has 0 bridgehead atoms. The Kier molecular flexibility index (Phi) is 5.11. The molecule has 21 heavy (non-hydrogen) atoms. The van der Waals surface area contributed by atoms with E-state index >= 15 is 0 Å². The van der Waals surface area contributed by atoms with E-state index in [9.17, 15) is 14.0 Å². The molecule has 0 atom stereocenters. The molecule has 0 spiro atoms. The van der Waals surface area contributed by atoms with Crippen LogP contribution in [0.3, 0.4) is 0 Å². The molecule has 2 rings (SSSR count). The maximum atomic E-state index is 13.4. The summed E-state index contributed by atoms with van der Waals surface area (Å²) in [6.07, 6.45) is 2.46. The first-order valence-electron chi connectivity index (χ1n) is 6.48. The number of hydrogen-bond donors (Lipinski definition) is 2. The molecule has 0 saturated heterocycles. The van der Waals surface area contributed by atoms with Gasteiger partial charge in [-0.2, -0.15) is 0 Å². The topological polar surface area (TPSA) is 62.0 Å². The number of pyridine rings is 1. The highest BCUT2D eigenvalue weighted by atomic mass is 35.5. The fraction of sp³-hybridized carbons (Fsp3) is 0.200. The van der Waals surface area contributed by atoms with Crippen molar-refractivity contribution in [3.8, 4) is 0 Å². The van der Waals surface area contributed by atoms with Crippen LogP contribution in [0.25, 0.3) is 0 Å². The summed E-state index contributed by atoms with van der Waals surface area (Å²) in [5, 5.41) is 2.66. The number of rotatable bonds is 5. The van der Waals surface area contributed by atoms with Gasteiger partial charge in [0.15, 0.2) is 0 Å². The summed E-state index contributed by atoms with van der Waals surface area (Å²) < 4.78 is 13.4. The molecule has 1 aromatic heterocycles. The molecule has 0 unspecified atom stereocenters. The van der Waals surface area contributed by atoms with Crippen molar-refractivity contribution in [2.75, 3.05) is 6.54 Å². The number of H-pyrrole nitrogens is 1. The summed E-state index contributed by atoms with van der Waals surface area (Å²) >= 11 is 5.65. The summed E-state index contributed by atoms with van der Waals surface area (Å²) in [5.41, 5.74) is 0.470. The first-order valence-corrected chi connectivity index (χ1v) is 6.85. The molecule has 0 fully saturated rings. The lowest BCUT2D eigenvalue weighted by molar-refractivity contribution is 0.0953. The highest BCUT2D eigenvalue weighted by molar-refractivity contribution is 6.30. The molecule has 0 aliphatic carbocycles. The number of aryl methyl sites for hydroxylation is 1. The van der Waals surface area contributed by atoms with Gasteiger partial charge in [0.1, 0.15) is 10.8 Å². The van der Waals surface area contributed by atoms with Gasteiger partial charge in [-0.1, -0.05) is 29.8 Å². The van der Waals surface area contributed by atoms with Crippen LogP contribution in [0, 0.1) is 5.82 Å². The molecule has 0 aliphatic heterocycles. The Morgan fingerprint density at radius 3 is 2.81 bits per heavy atom. The zero-order valence-corrected chi connectivity index (χ0v) is 11.9. The zero-order valence-electron chi connectivity index (χ0n) is 11.2. The largest absolute Gasteiger partial charge is 0.352 e. The number of carbonyl (C=O) groups excluding carboxylic acids is 1. The minimum absolute atomic E-state index is 0.0333. The Balaban J connectivity index is 1.83. The molecular formula is C15H14ClFN2O2. The normalized spacial score (nSPS) is 10.4. The number of nitrogens with one attached hydrogen (secondary N) is 2. The molecule has 1 amide bonds. The molecule has 110 valence electrons. The van der Waals surface area contributed by atoms with E-state index in [1.54, 1.807) is 18.2 Å². The molecule has 4 nitrogen and oxygen atoms in total. The Hall–Kier alpha value is -2.14. The van der Waals surface area contributed by atoms with Gasteiger partial charge in [-0.3, -0.25) is 9.59 Å². The average Bonchev–Trinajstić information content (AvgIpc) is 2.48. The zero-order chi connectivity index (χ0) is 15.2. The molecular weight excluding hydrogens is 295 g/mol. The Bertz CT molecular complexity index is 700. The van der Waals surface area contributed by atoms with Crippen LogP contribution in [0.5, 0.6) is 0 Å². The summed E-state index contributed by atoms with van der Waals surface area (Å²) in [4.78, 5) is 25.3. The van der Waals surface area contributed by atoms with E-state index in [0.717, 1.165) is 0 Å². The summed E-state index contributed by atoms with van der Waals surface area (Å²) in [6, 6.07) is 7.86. The molecule has 1 aromatic carbocycles. The van der Waals surface area contributed by atoms with E-state index in [0.29, 0.717) is 24.9 Å². The standard InChI is InChI=1S/C15H14ClFN2O2/c16-12-8-11(9-19-15(12)21)14(20)18-7-3-5-10-4-1-2-6-13(10)17/h1-2,4,6,8-9H,3,5,7H2,(H,18,20)(H,19,21). The van der Waals surface area contributed by atoms with Gasteiger partial charge < -0.3 is 10.3 Å². The third kappa shape index (κ3) is 4.16. The van der Waals surface area contributed by atoms with Crippen molar-refractivity contribution in [2.24, 2.45) is 0 Å². The van der Waals surface area contributed by atoms with E-state index in [4.69, 9.17) is 11.6 Å². The Morgan fingerprint density at radius 2 is 2.10 bits per heavy atom. The first-order chi connectivity index (χ1) is 10.1. The predicted octanol–water partition coefficient (Wildman–Crippen LogP) is 2.53. The van der Waals surface area contributed by atoms with Crippen LogP contribution in [-0.2, 0) is 6.42 Å². The SMILES string of the molecule is O=C(NCCCc1ccccc1F)c1c[nH]c(=O)c(Cl)c1. The second-order valence-electron chi connectivity index (χ2n) is 4.52. The molecule has 0 radical (unpaired) electrons. The molecule has 1 heterocycles. The van der Waals surface area contributed by atoms with E-state index in [1.165, 1.54) is 18.3 Å². The summed E-state index contributed by atoms with van der Waals surface area (Å²) in [5.74, 6) is -0.571. The van der Waals surface area contributed by atoms with Gasteiger partial charge >= 0.3 is 0 Å². The number of carbonyl (C=O) groups is 1. The van der Waals surface area contributed by atoms with Gasteiger partial charge in [0, 0.05) is 12.7 Å². The Morgan fingerprint density at radius 1 is 1.33 bits per heavy atom. The lowest BCUT2D eigenvalue weighted by Crippen LogP contribution is -2.25. The molecule has 0 aliphatic rings. The van der Waals surface area contributed by atoms with E-state index in [1.807, 2.05) is 0 Å². The fourth-order valence-electron chi connectivity index (χ4n) is 1.87. The maximum absolute atomic E-state index is 13.4. The third-order valence-corrected chi connectivity index (χ3v) is 3.27. The highest BCUT2D eigenvalue weighted by Crippen LogP contribution is 2.08. The van der Waals surface area contributed by atoms with Crippen LogP contribution in [0.15, 0.2) is 41.3 Å². The number of halogens is 2. The second kappa shape index (κ2) is 7.04. The van der Waals surface area contributed by atoms with Crippen LogP contribution in [0.4, 0.5) is 4.39 Å². The van der Waals surface area contributed by atoms with Crippen molar-refractivity contribution in [2.45, 2.75) is 12.8 Å². The monoisotopic (exact) mass is 308 g/mol. The number of hydrogen-bond acceptors (Lipinski definition) is 2. The van der Waals surface area contributed by atoms with Gasteiger partial charge in [0.05, 0.1) is 5.56 Å². The van der Waals surface area contributed by atoms with Crippen LogP contribution >= 0.6 is 11.6 Å². The van der Waals surface area contributed by atoms with Crippen molar-refractivity contribution in [3.05, 3.63) is 68.8 Å². The van der Waals surface area contributed by atoms with Crippen LogP contribution in [0.1, 0.15) is 22.3 Å². The quantitative estimate of drug-likeness (QED) is 0.834. The minimum Gasteiger partial charge on any atom is -0.352 e. The van der Waals surface area contributed by atoms with Crippen molar-refractivity contribution in [1.82, 2.24) is 10.3 Å². The van der Waals surface area contributed by atoms with Gasteiger partial charge in [0.25, 0.3) is 11.5 Å². The van der Waals surface area contributed by atoms with Gasteiger partial charge in [-0.05, 0) is 30.5 Å². The van der Waals surface area contributed by atoms with Gasteiger partial charge in [-0.15, -0.1) is 0 Å². The fourth-order valence-corrected chi connectivity index (χ4v) is 2.04. The highest BCUT2D eigenvalue weighted by Gasteiger charge is 2.07. The number of amides is 1. The van der Waals surface area contributed by atoms with Crippen molar-refractivity contribution in [1.29, 1.82) is 0 Å². The average molecular weight is 309 g/mol. The molecule has 0 saturated carbocycles. The van der Waals surface area contributed by atoms with E-state index < -0.39 is 5.56 Å². The smallest absolute Gasteiger partial charge is 0.266 e. The van der Waals surface area contributed by atoms with Crippen LogP contribution < -0.4 is 10.9 Å². The van der Waals surface area contributed by atoms with E-state index in [2.05, 4.69) is 10.3 Å². The minimum atomic E-state index is -0.437. The van der Waals surface area contributed by atoms with Crippen LogP contribution in [0.2, 0.25) is 5.02 Å². The van der Waals surface area contributed by atoms with Crippen molar-refractivity contribution >= 4 is 17.5 Å². The predicted molar refractivity (Wildman–Crippen MR) is 79.1 cm³/mol. The molecule has 2 aromatic rings. The van der Waals surface area contributed by atoms with Crippen LogP contribution in [-0.4, -0.2) is 17.4 Å². The summed E-state index contributed by atoms with van der Waals surface area (Å²) in [6.45, 7) is 0.407. The van der Waals surface area contributed by atoms with E-state index in [-0.39, 0.29) is 22.3 Å². The lowest BCUT2D eigenvalue weighted by Gasteiger charge is -2.06. The lowest BCUT2D eigenvalue weighted by atomic mass is 10.1. The van der Waals surface area contributed by atoms with Gasteiger partial charge in [0.2, 0.25) is 0 Å². The van der Waals surface area contributed by atoms with Crippen molar-refractivity contribution < 1.29 is 9.18 Å². The second-order valence-corrected chi connectivity index (χ2v) is 4.92. The molecule has 6 heteroatoms. The number of benzene rings is 1. The maximum Gasteiger partial charge on any atom is 0.266 e. The number of aromatic amines is 1. The summed E-state index contributed by atoms with van der Waals surface area (Å²) in [7, 11) is 0. The third-order valence-electron chi connectivity index (χ3n) is 2.99. The number of aromatic nitrogens is 1.